The Balaban J connectivity index is 0.00000225. The predicted octanol–water partition coefficient (Wildman–Crippen LogP) is 4.69. The summed E-state index contributed by atoms with van der Waals surface area (Å²) in [6.07, 6.45) is 2.57. The van der Waals surface area contributed by atoms with Gasteiger partial charge in [-0.25, -0.2) is 0 Å². The molecule has 1 saturated heterocycles. The molecule has 2 aromatic rings. The number of rotatable bonds is 5. The van der Waals surface area contributed by atoms with Crippen LogP contribution < -0.4 is 4.90 Å². The Labute approximate surface area is 157 Å². The summed E-state index contributed by atoms with van der Waals surface area (Å²) in [4.78, 5) is 5.06. The SMILES string of the molecule is CCN(CC)CC1CCCN(c2ccc(C#N)c3ccccc23)C1.Cl. The third-order valence-electron chi connectivity index (χ3n) is 5.29. The first-order valence-electron chi connectivity index (χ1n) is 9.16. The summed E-state index contributed by atoms with van der Waals surface area (Å²) in [6, 6.07) is 14.8. The second-order valence-electron chi connectivity index (χ2n) is 6.73. The summed E-state index contributed by atoms with van der Waals surface area (Å²) in [6.45, 7) is 10.2. The second kappa shape index (κ2) is 9.08. The van der Waals surface area contributed by atoms with Crippen molar-refractivity contribution in [2.75, 3.05) is 37.6 Å². The van der Waals surface area contributed by atoms with Crippen molar-refractivity contribution >= 4 is 28.9 Å². The van der Waals surface area contributed by atoms with Crippen LogP contribution in [0, 0.1) is 17.2 Å². The van der Waals surface area contributed by atoms with Gasteiger partial charge in [0.15, 0.2) is 0 Å². The van der Waals surface area contributed by atoms with E-state index in [1.54, 1.807) is 0 Å². The molecule has 1 unspecified atom stereocenters. The highest BCUT2D eigenvalue weighted by Crippen LogP contribution is 2.32. The summed E-state index contributed by atoms with van der Waals surface area (Å²) >= 11 is 0. The van der Waals surface area contributed by atoms with Crippen LogP contribution in [0.3, 0.4) is 0 Å². The minimum atomic E-state index is 0. The molecule has 1 heterocycles. The molecule has 1 aliphatic rings. The fraction of sp³-hybridized carbons (Fsp3) is 0.476. The molecule has 0 bridgehead atoms. The van der Waals surface area contributed by atoms with Crippen molar-refractivity contribution in [1.29, 1.82) is 5.26 Å². The van der Waals surface area contributed by atoms with Crippen LogP contribution in [0.4, 0.5) is 5.69 Å². The van der Waals surface area contributed by atoms with Crippen molar-refractivity contribution in [3.05, 3.63) is 42.0 Å². The fourth-order valence-corrected chi connectivity index (χ4v) is 3.94. The molecular weight excluding hydrogens is 330 g/mol. The van der Waals surface area contributed by atoms with Crippen LogP contribution in [-0.4, -0.2) is 37.6 Å². The number of fused-ring (bicyclic) bond motifs is 1. The molecule has 0 radical (unpaired) electrons. The average Bonchev–Trinajstić information content (AvgIpc) is 2.65. The molecule has 0 amide bonds. The van der Waals surface area contributed by atoms with Gasteiger partial charge in [-0.05, 0) is 44.0 Å². The Bertz CT molecular complexity index is 733. The highest BCUT2D eigenvalue weighted by Gasteiger charge is 2.23. The zero-order valence-electron chi connectivity index (χ0n) is 15.2. The molecule has 0 aromatic heterocycles. The van der Waals surface area contributed by atoms with Crippen LogP contribution in [0.5, 0.6) is 0 Å². The van der Waals surface area contributed by atoms with E-state index in [2.05, 4.69) is 54.0 Å². The maximum absolute atomic E-state index is 9.36. The predicted molar refractivity (Wildman–Crippen MR) is 109 cm³/mol. The first-order valence-corrected chi connectivity index (χ1v) is 9.16. The molecule has 0 aliphatic carbocycles. The van der Waals surface area contributed by atoms with E-state index in [9.17, 15) is 5.26 Å². The first-order chi connectivity index (χ1) is 11.8. The molecule has 1 fully saturated rings. The Hall–Kier alpha value is -1.76. The van der Waals surface area contributed by atoms with Crippen molar-refractivity contribution in [3.8, 4) is 6.07 Å². The quantitative estimate of drug-likeness (QED) is 0.777. The third-order valence-corrected chi connectivity index (χ3v) is 5.29. The fourth-order valence-electron chi connectivity index (χ4n) is 3.94. The van der Waals surface area contributed by atoms with Crippen molar-refractivity contribution in [3.63, 3.8) is 0 Å². The van der Waals surface area contributed by atoms with E-state index in [1.165, 1.54) is 30.5 Å². The number of nitriles is 1. The summed E-state index contributed by atoms with van der Waals surface area (Å²) in [5.74, 6) is 0.730. The maximum atomic E-state index is 9.36. The monoisotopic (exact) mass is 357 g/mol. The van der Waals surface area contributed by atoms with Gasteiger partial charge >= 0.3 is 0 Å². The summed E-state index contributed by atoms with van der Waals surface area (Å²) < 4.78 is 0. The van der Waals surface area contributed by atoms with E-state index in [-0.39, 0.29) is 12.4 Å². The number of piperidine rings is 1. The summed E-state index contributed by atoms with van der Waals surface area (Å²) in [5.41, 5.74) is 2.06. The van der Waals surface area contributed by atoms with E-state index in [4.69, 9.17) is 0 Å². The first kappa shape index (κ1) is 19.6. The Morgan fingerprint density at radius 3 is 2.52 bits per heavy atom. The van der Waals surface area contributed by atoms with E-state index in [0.29, 0.717) is 0 Å². The summed E-state index contributed by atoms with van der Waals surface area (Å²) in [7, 11) is 0. The molecule has 0 N–H and O–H groups in total. The van der Waals surface area contributed by atoms with Gasteiger partial charge in [-0.15, -0.1) is 12.4 Å². The van der Waals surface area contributed by atoms with Crippen molar-refractivity contribution < 1.29 is 0 Å². The van der Waals surface area contributed by atoms with Crippen molar-refractivity contribution in [2.45, 2.75) is 26.7 Å². The number of benzene rings is 2. The maximum Gasteiger partial charge on any atom is 0.0998 e. The molecule has 0 spiro atoms. The lowest BCUT2D eigenvalue weighted by Crippen LogP contribution is -2.41. The van der Waals surface area contributed by atoms with Crippen LogP contribution in [-0.2, 0) is 0 Å². The molecule has 134 valence electrons. The second-order valence-corrected chi connectivity index (χ2v) is 6.73. The van der Waals surface area contributed by atoms with Crippen LogP contribution in [0.25, 0.3) is 10.8 Å². The van der Waals surface area contributed by atoms with Gasteiger partial charge < -0.3 is 9.80 Å². The zero-order valence-corrected chi connectivity index (χ0v) is 16.1. The van der Waals surface area contributed by atoms with E-state index in [0.717, 1.165) is 43.0 Å². The normalized spacial score (nSPS) is 17.4. The van der Waals surface area contributed by atoms with Crippen molar-refractivity contribution in [2.24, 2.45) is 5.92 Å². The molecule has 3 rings (SSSR count). The van der Waals surface area contributed by atoms with Gasteiger partial charge in [0.1, 0.15) is 0 Å². The molecular formula is C21H28ClN3. The Morgan fingerprint density at radius 2 is 1.84 bits per heavy atom. The third kappa shape index (κ3) is 4.26. The van der Waals surface area contributed by atoms with E-state index < -0.39 is 0 Å². The van der Waals surface area contributed by atoms with Gasteiger partial charge in [0.05, 0.1) is 11.6 Å². The number of hydrogen-bond donors (Lipinski definition) is 0. The number of anilines is 1. The standard InChI is InChI=1S/C21H27N3.ClH/c1-3-23(4-2)15-17-8-7-13-24(16-17)21-12-11-18(14-22)19-9-5-6-10-20(19)21;/h5-6,9-12,17H,3-4,7-8,13,15-16H2,1-2H3;1H. The lowest BCUT2D eigenvalue weighted by atomic mass is 9.95. The van der Waals surface area contributed by atoms with Crippen LogP contribution in [0.15, 0.2) is 36.4 Å². The minimum Gasteiger partial charge on any atom is -0.371 e. The number of halogens is 1. The molecule has 2 aromatic carbocycles. The lowest BCUT2D eigenvalue weighted by Gasteiger charge is -2.37. The highest BCUT2D eigenvalue weighted by atomic mass is 35.5. The van der Waals surface area contributed by atoms with Gasteiger partial charge in [-0.2, -0.15) is 5.26 Å². The molecule has 4 heteroatoms. The average molecular weight is 358 g/mol. The van der Waals surface area contributed by atoms with Gasteiger partial charge in [0.25, 0.3) is 0 Å². The van der Waals surface area contributed by atoms with Crippen molar-refractivity contribution in [1.82, 2.24) is 4.90 Å². The highest BCUT2D eigenvalue weighted by molar-refractivity contribution is 5.97. The summed E-state index contributed by atoms with van der Waals surface area (Å²) in [5, 5.41) is 11.6. The van der Waals surface area contributed by atoms with E-state index in [1.807, 2.05) is 12.1 Å². The van der Waals surface area contributed by atoms with Gasteiger partial charge in [0.2, 0.25) is 0 Å². The number of hydrogen-bond acceptors (Lipinski definition) is 3. The van der Waals surface area contributed by atoms with Crippen LogP contribution in [0.1, 0.15) is 32.3 Å². The minimum absolute atomic E-state index is 0. The van der Waals surface area contributed by atoms with Gasteiger partial charge in [-0.3, -0.25) is 0 Å². The molecule has 25 heavy (non-hydrogen) atoms. The smallest absolute Gasteiger partial charge is 0.0998 e. The molecule has 1 aliphatic heterocycles. The molecule has 0 saturated carbocycles. The van der Waals surface area contributed by atoms with Crippen LogP contribution >= 0.6 is 12.4 Å². The molecule has 1 atom stereocenters. The van der Waals surface area contributed by atoms with E-state index >= 15 is 0 Å². The molecule has 3 nitrogen and oxygen atoms in total. The number of nitrogens with zero attached hydrogens (tertiary/aromatic N) is 3. The topological polar surface area (TPSA) is 30.3 Å². The van der Waals surface area contributed by atoms with Crippen LogP contribution in [0.2, 0.25) is 0 Å². The largest absolute Gasteiger partial charge is 0.371 e. The Morgan fingerprint density at radius 1 is 1.12 bits per heavy atom. The van der Waals surface area contributed by atoms with Gasteiger partial charge in [0, 0.05) is 36.1 Å². The van der Waals surface area contributed by atoms with Gasteiger partial charge in [-0.1, -0.05) is 38.1 Å². The Kier molecular flexibility index (Phi) is 7.11. The lowest BCUT2D eigenvalue weighted by molar-refractivity contribution is 0.234. The zero-order chi connectivity index (χ0) is 16.9.